The molecule has 0 saturated carbocycles. The summed E-state index contributed by atoms with van der Waals surface area (Å²) in [6, 6.07) is 8.49. The summed E-state index contributed by atoms with van der Waals surface area (Å²) >= 11 is 0. The first kappa shape index (κ1) is 9.01. The third-order valence-corrected chi connectivity index (χ3v) is 1.69. The van der Waals surface area contributed by atoms with Crippen molar-refractivity contribution in [3.05, 3.63) is 41.5 Å². The van der Waals surface area contributed by atoms with E-state index in [4.69, 9.17) is 5.11 Å². The molecule has 0 unspecified atom stereocenters. The normalized spacial score (nSPS) is 11.8. The van der Waals surface area contributed by atoms with Crippen LogP contribution in [0, 0.1) is 0 Å². The summed E-state index contributed by atoms with van der Waals surface area (Å²) < 4.78 is 0. The van der Waals surface area contributed by atoms with Crippen LogP contribution in [0.2, 0.25) is 0 Å². The largest absolute Gasteiger partial charge is 0.397 e. The number of hydrogen-bond donors (Lipinski definition) is 1. The molecule has 1 aromatic rings. The van der Waals surface area contributed by atoms with Crippen LogP contribution < -0.4 is 0 Å². The Morgan fingerprint density at radius 1 is 1.33 bits per heavy atom. The number of benzene rings is 1. The Morgan fingerprint density at radius 3 is 2.67 bits per heavy atom. The first-order valence-corrected chi connectivity index (χ1v) is 4.23. The maximum absolute atomic E-state index is 7.57. The molecule has 0 fully saturated rings. The SMILES string of the molecule is C1=Cc2ccccc2C1.CCO. The molecule has 1 nitrogen and oxygen atoms in total. The summed E-state index contributed by atoms with van der Waals surface area (Å²) in [5.41, 5.74) is 2.84. The average molecular weight is 162 g/mol. The predicted molar refractivity (Wildman–Crippen MR) is 51.9 cm³/mol. The second-order valence-corrected chi connectivity index (χ2v) is 2.62. The molecule has 1 N–H and O–H groups in total. The smallest absolute Gasteiger partial charge is 0.0402 e. The first-order chi connectivity index (χ1) is 5.88. The van der Waals surface area contributed by atoms with Crippen molar-refractivity contribution in [1.82, 2.24) is 0 Å². The summed E-state index contributed by atoms with van der Waals surface area (Å²) in [5.74, 6) is 0. The van der Waals surface area contributed by atoms with Crippen molar-refractivity contribution in [3.63, 3.8) is 0 Å². The molecule has 0 atom stereocenters. The van der Waals surface area contributed by atoms with E-state index < -0.39 is 0 Å². The van der Waals surface area contributed by atoms with E-state index in [1.54, 1.807) is 6.92 Å². The lowest BCUT2D eigenvalue weighted by Gasteiger charge is -1.93. The van der Waals surface area contributed by atoms with Crippen LogP contribution in [0.4, 0.5) is 0 Å². The van der Waals surface area contributed by atoms with E-state index in [0.29, 0.717) is 0 Å². The minimum atomic E-state index is 0.250. The number of allylic oxidation sites excluding steroid dienone is 1. The number of fused-ring (bicyclic) bond motifs is 1. The van der Waals surface area contributed by atoms with Gasteiger partial charge in [0.05, 0.1) is 0 Å². The summed E-state index contributed by atoms with van der Waals surface area (Å²) in [4.78, 5) is 0. The predicted octanol–water partition coefficient (Wildman–Crippen LogP) is 2.25. The fourth-order valence-electron chi connectivity index (χ4n) is 1.20. The summed E-state index contributed by atoms with van der Waals surface area (Å²) in [5, 5.41) is 7.57. The zero-order valence-electron chi connectivity index (χ0n) is 7.33. The molecule has 0 heterocycles. The van der Waals surface area contributed by atoms with Gasteiger partial charge in [0, 0.05) is 6.61 Å². The van der Waals surface area contributed by atoms with Crippen molar-refractivity contribution in [2.24, 2.45) is 0 Å². The molecule has 0 amide bonds. The Labute approximate surface area is 73.4 Å². The molecule has 0 bridgehead atoms. The maximum Gasteiger partial charge on any atom is 0.0402 e. The lowest BCUT2D eigenvalue weighted by Crippen LogP contribution is -1.76. The van der Waals surface area contributed by atoms with E-state index in [-0.39, 0.29) is 6.61 Å². The van der Waals surface area contributed by atoms with Gasteiger partial charge in [-0.2, -0.15) is 0 Å². The zero-order valence-corrected chi connectivity index (χ0v) is 7.33. The Kier molecular flexibility index (Phi) is 3.55. The van der Waals surface area contributed by atoms with Gasteiger partial charge in [0.1, 0.15) is 0 Å². The van der Waals surface area contributed by atoms with Crippen LogP contribution in [0.3, 0.4) is 0 Å². The van der Waals surface area contributed by atoms with Crippen LogP contribution in [0.15, 0.2) is 30.3 Å². The quantitative estimate of drug-likeness (QED) is 0.620. The lowest BCUT2D eigenvalue weighted by molar-refractivity contribution is 0.318. The molecule has 0 radical (unpaired) electrons. The Hall–Kier alpha value is -1.08. The van der Waals surface area contributed by atoms with E-state index in [0.717, 1.165) is 6.42 Å². The van der Waals surface area contributed by atoms with E-state index in [9.17, 15) is 0 Å². The molecule has 0 aromatic heterocycles. The summed E-state index contributed by atoms with van der Waals surface area (Å²) in [7, 11) is 0. The number of hydrogen-bond acceptors (Lipinski definition) is 1. The van der Waals surface area contributed by atoms with Gasteiger partial charge >= 0.3 is 0 Å². The second kappa shape index (κ2) is 4.73. The third kappa shape index (κ3) is 2.21. The zero-order chi connectivity index (χ0) is 8.81. The van der Waals surface area contributed by atoms with Crippen molar-refractivity contribution >= 4 is 6.08 Å². The van der Waals surface area contributed by atoms with Crippen LogP contribution >= 0.6 is 0 Å². The highest BCUT2D eigenvalue weighted by atomic mass is 16.2. The molecule has 1 heteroatoms. The van der Waals surface area contributed by atoms with E-state index in [2.05, 4.69) is 36.4 Å². The fourth-order valence-corrected chi connectivity index (χ4v) is 1.20. The monoisotopic (exact) mass is 162 g/mol. The minimum absolute atomic E-state index is 0.250. The van der Waals surface area contributed by atoms with Gasteiger partial charge in [-0.1, -0.05) is 36.4 Å². The summed E-state index contributed by atoms with van der Waals surface area (Å²) in [6.45, 7) is 1.93. The van der Waals surface area contributed by atoms with Crippen molar-refractivity contribution < 1.29 is 5.11 Å². The Morgan fingerprint density at radius 2 is 2.00 bits per heavy atom. The van der Waals surface area contributed by atoms with Crippen molar-refractivity contribution in [2.45, 2.75) is 13.3 Å². The van der Waals surface area contributed by atoms with Crippen LogP contribution in [0.1, 0.15) is 18.1 Å². The van der Waals surface area contributed by atoms with Crippen molar-refractivity contribution in [3.8, 4) is 0 Å². The van der Waals surface area contributed by atoms with Gasteiger partial charge in [-0.05, 0) is 24.5 Å². The highest BCUT2D eigenvalue weighted by Crippen LogP contribution is 2.17. The van der Waals surface area contributed by atoms with Crippen LogP contribution in [-0.4, -0.2) is 11.7 Å². The highest BCUT2D eigenvalue weighted by Gasteiger charge is 2.00. The standard InChI is InChI=1S/C9H8.C2H6O/c1-2-5-9-7-3-6-8(9)4-1;1-2-3/h1-6H,7H2;3H,2H2,1H3. The maximum atomic E-state index is 7.57. The van der Waals surface area contributed by atoms with E-state index in [1.165, 1.54) is 11.1 Å². The molecule has 12 heavy (non-hydrogen) atoms. The Balaban J connectivity index is 0.000000213. The molecule has 0 saturated heterocycles. The van der Waals surface area contributed by atoms with Gasteiger partial charge in [0.2, 0.25) is 0 Å². The first-order valence-electron chi connectivity index (χ1n) is 4.23. The van der Waals surface area contributed by atoms with Crippen LogP contribution in [-0.2, 0) is 6.42 Å². The van der Waals surface area contributed by atoms with E-state index in [1.807, 2.05) is 0 Å². The molecule has 0 aliphatic heterocycles. The molecular weight excluding hydrogens is 148 g/mol. The van der Waals surface area contributed by atoms with Crippen molar-refractivity contribution in [1.29, 1.82) is 0 Å². The topological polar surface area (TPSA) is 20.2 Å². The van der Waals surface area contributed by atoms with Crippen molar-refractivity contribution in [2.75, 3.05) is 6.61 Å². The second-order valence-electron chi connectivity index (χ2n) is 2.62. The van der Waals surface area contributed by atoms with Gasteiger partial charge in [0.15, 0.2) is 0 Å². The molecule has 0 spiro atoms. The molecule has 1 aliphatic carbocycles. The fraction of sp³-hybridized carbons (Fsp3) is 0.273. The minimum Gasteiger partial charge on any atom is -0.397 e. The molecular formula is C11H14O. The van der Waals surface area contributed by atoms with Gasteiger partial charge in [-0.25, -0.2) is 0 Å². The Bertz CT molecular complexity index is 263. The third-order valence-electron chi connectivity index (χ3n) is 1.69. The molecule has 2 rings (SSSR count). The van der Waals surface area contributed by atoms with Gasteiger partial charge < -0.3 is 5.11 Å². The number of aliphatic hydroxyl groups excluding tert-OH is 1. The van der Waals surface area contributed by atoms with Gasteiger partial charge in [0.25, 0.3) is 0 Å². The van der Waals surface area contributed by atoms with E-state index >= 15 is 0 Å². The molecule has 1 aromatic carbocycles. The van der Waals surface area contributed by atoms with Gasteiger partial charge in [-0.15, -0.1) is 0 Å². The summed E-state index contributed by atoms with van der Waals surface area (Å²) in [6.07, 6.45) is 5.50. The lowest BCUT2D eigenvalue weighted by atomic mass is 10.1. The number of rotatable bonds is 0. The highest BCUT2D eigenvalue weighted by molar-refractivity contribution is 5.59. The molecule has 1 aliphatic rings. The van der Waals surface area contributed by atoms with Gasteiger partial charge in [-0.3, -0.25) is 0 Å². The molecule has 64 valence electrons. The van der Waals surface area contributed by atoms with Crippen LogP contribution in [0.25, 0.3) is 6.08 Å². The van der Waals surface area contributed by atoms with Crippen LogP contribution in [0.5, 0.6) is 0 Å². The number of aliphatic hydroxyl groups is 1. The average Bonchev–Trinajstić information content (AvgIpc) is 2.52.